The lowest BCUT2D eigenvalue weighted by atomic mass is 9.75. The summed E-state index contributed by atoms with van der Waals surface area (Å²) in [7, 11) is -0.471. The van der Waals surface area contributed by atoms with Gasteiger partial charge in [-0.1, -0.05) is 25.0 Å². The molecule has 0 spiro atoms. The van der Waals surface area contributed by atoms with Crippen LogP contribution in [0.25, 0.3) is 16.9 Å². The van der Waals surface area contributed by atoms with Gasteiger partial charge < -0.3 is 10.2 Å². The third-order valence-electron chi connectivity index (χ3n) is 9.08. The molecule has 9 nitrogen and oxygen atoms in total. The van der Waals surface area contributed by atoms with Crippen LogP contribution in [0.4, 0.5) is 10.1 Å². The topological polar surface area (TPSA) is 116 Å². The van der Waals surface area contributed by atoms with Gasteiger partial charge in [0.05, 0.1) is 17.5 Å². The number of nitriles is 1. The molecule has 1 N–H and O–H groups in total. The van der Waals surface area contributed by atoms with Gasteiger partial charge in [0, 0.05) is 70.7 Å². The maximum Gasteiger partial charge on any atom is 0.225 e. The largest absolute Gasteiger partial charge is 0.370 e. The Morgan fingerprint density at radius 3 is 2.52 bits per heavy atom. The number of nitrogens with one attached hydrogen (secondary N) is 1. The van der Waals surface area contributed by atoms with Crippen LogP contribution >= 0.6 is 0 Å². The summed E-state index contributed by atoms with van der Waals surface area (Å²) in [6.07, 6.45) is 6.28. The lowest BCUT2D eigenvalue weighted by Crippen LogP contribution is -2.42. The molecule has 3 heterocycles. The molecule has 0 radical (unpaired) electrons. The van der Waals surface area contributed by atoms with Gasteiger partial charge >= 0.3 is 0 Å². The van der Waals surface area contributed by atoms with Gasteiger partial charge in [0.25, 0.3) is 0 Å². The summed E-state index contributed by atoms with van der Waals surface area (Å²) < 4.78 is 33.3. The van der Waals surface area contributed by atoms with Crippen molar-refractivity contribution in [2.75, 3.05) is 36.5 Å². The van der Waals surface area contributed by atoms with Crippen LogP contribution in [0, 0.1) is 30.0 Å². The molecule has 42 heavy (non-hydrogen) atoms. The number of aromatic nitrogens is 3. The summed E-state index contributed by atoms with van der Waals surface area (Å²) in [4.78, 5) is 20.1. The van der Waals surface area contributed by atoms with Crippen LogP contribution in [0.1, 0.15) is 55.8 Å². The van der Waals surface area contributed by atoms with Gasteiger partial charge in [0.15, 0.2) is 11.6 Å². The smallest absolute Gasteiger partial charge is 0.225 e. The van der Waals surface area contributed by atoms with Gasteiger partial charge in [-0.15, -0.1) is 0 Å². The monoisotopic (exact) mass is 589 g/mol. The first-order chi connectivity index (χ1) is 20.3. The van der Waals surface area contributed by atoms with E-state index in [2.05, 4.69) is 37.8 Å². The van der Waals surface area contributed by atoms with Crippen LogP contribution < -0.4 is 10.2 Å². The van der Waals surface area contributed by atoms with Crippen molar-refractivity contribution in [1.29, 1.82) is 5.26 Å². The molecule has 3 fully saturated rings. The number of hydrogen-bond acceptors (Lipinski definition) is 7. The number of anilines is 1. The van der Waals surface area contributed by atoms with Crippen LogP contribution in [0.15, 0.2) is 47.0 Å². The highest BCUT2D eigenvalue weighted by Gasteiger charge is 2.47. The van der Waals surface area contributed by atoms with Crippen molar-refractivity contribution in [3.63, 3.8) is 0 Å². The van der Waals surface area contributed by atoms with Crippen molar-refractivity contribution in [3.8, 4) is 23.0 Å². The Hall–Kier alpha value is -3.78. The molecule has 0 unspecified atom stereocenters. The maximum atomic E-state index is 15.0. The molecule has 2 saturated carbocycles. The molecule has 220 valence electrons. The number of carbonyl (C=O) groups is 1. The Balaban J connectivity index is 1.38. The van der Waals surface area contributed by atoms with E-state index >= 15 is 0 Å². The zero-order valence-electron chi connectivity index (χ0n) is 24.1. The van der Waals surface area contributed by atoms with E-state index in [1.165, 1.54) is 6.07 Å². The quantitative estimate of drug-likeness (QED) is 0.444. The lowest BCUT2D eigenvalue weighted by molar-refractivity contribution is -0.127. The number of amides is 1. The molecule has 2 aromatic heterocycles. The average molecular weight is 590 g/mol. The highest BCUT2D eigenvalue weighted by atomic mass is 32.2. The van der Waals surface area contributed by atoms with E-state index in [0.29, 0.717) is 43.9 Å². The molecule has 3 aliphatic rings. The molecule has 2 aliphatic carbocycles. The number of benzene rings is 1. The van der Waals surface area contributed by atoms with E-state index in [4.69, 9.17) is 5.10 Å². The van der Waals surface area contributed by atoms with Gasteiger partial charge in [0.2, 0.25) is 5.91 Å². The first-order valence-corrected chi connectivity index (χ1v) is 16.5. The standard InChI is InChI=1S/C31H36FN7O2S/c1-21-27(22-9-11-23(12-10-22)38-16-18-42(41,34-2)19-17-38)28(37-39(21)29-26(32)8-5-15-35-29)24-6-3-4-7-25(24)30(40)36-31(20-33)13-14-31/h5,8-12,15,24-25H,3-4,6-7,13-14,16-19H2,1-2H3,(H,36,40)/t24-,25-/m1/s1. The van der Waals surface area contributed by atoms with Gasteiger partial charge in [-0.3, -0.25) is 4.79 Å². The minimum absolute atomic E-state index is 0.100. The zero-order valence-corrected chi connectivity index (χ0v) is 24.9. The fourth-order valence-corrected chi connectivity index (χ4v) is 7.95. The second-order valence-corrected chi connectivity index (χ2v) is 14.4. The lowest BCUT2D eigenvalue weighted by Gasteiger charge is -2.31. The minimum Gasteiger partial charge on any atom is -0.370 e. The van der Waals surface area contributed by atoms with Gasteiger partial charge in [-0.25, -0.2) is 22.6 Å². The molecule has 1 aromatic carbocycles. The fraction of sp³-hybridized carbons (Fsp3) is 0.484. The summed E-state index contributed by atoms with van der Waals surface area (Å²) in [6, 6.07) is 13.4. The first kappa shape index (κ1) is 28.3. The summed E-state index contributed by atoms with van der Waals surface area (Å²) in [5.74, 6) is 0.144. The summed E-state index contributed by atoms with van der Waals surface area (Å²) in [5.41, 5.74) is 3.62. The van der Waals surface area contributed by atoms with Crippen LogP contribution in [-0.2, 0) is 14.5 Å². The third kappa shape index (κ3) is 5.28. The van der Waals surface area contributed by atoms with Crippen molar-refractivity contribution in [2.45, 2.75) is 56.9 Å². The molecule has 3 aromatic rings. The van der Waals surface area contributed by atoms with Gasteiger partial charge in [-0.2, -0.15) is 10.4 Å². The van der Waals surface area contributed by atoms with E-state index in [-0.39, 0.29) is 23.6 Å². The maximum absolute atomic E-state index is 15.0. The number of carbonyl (C=O) groups excluding carboxylic acids is 1. The van der Waals surface area contributed by atoms with E-state index in [0.717, 1.165) is 47.5 Å². The van der Waals surface area contributed by atoms with Gasteiger partial charge in [-0.05, 0) is 62.4 Å². The van der Waals surface area contributed by atoms with Crippen LogP contribution in [-0.4, -0.2) is 62.1 Å². The Morgan fingerprint density at radius 1 is 1.17 bits per heavy atom. The minimum atomic E-state index is -2.11. The number of rotatable bonds is 6. The molecule has 1 amide bonds. The van der Waals surface area contributed by atoms with E-state index in [1.807, 2.05) is 19.1 Å². The van der Waals surface area contributed by atoms with Crippen molar-refractivity contribution in [3.05, 3.63) is 59.8 Å². The van der Waals surface area contributed by atoms with Crippen LogP contribution in [0.5, 0.6) is 0 Å². The number of pyridine rings is 1. The molecule has 11 heteroatoms. The van der Waals surface area contributed by atoms with Crippen LogP contribution in [0.3, 0.4) is 0 Å². The second kappa shape index (κ2) is 11.1. The fourth-order valence-electron chi connectivity index (χ4n) is 6.37. The molecule has 1 saturated heterocycles. The molecule has 1 aliphatic heterocycles. The SMILES string of the molecule is CN=S1(=O)CCN(c2ccc(-c3c([C@@H]4CCCC[C@H]4C(=O)NC4(C#N)CC4)nn(-c4ncccc4F)c3C)cc2)CC1. The second-order valence-electron chi connectivity index (χ2n) is 11.6. The normalized spacial score (nSPS) is 22.7. The molecule has 2 atom stereocenters. The van der Waals surface area contributed by atoms with Crippen molar-refractivity contribution in [1.82, 2.24) is 20.1 Å². The Kier molecular flexibility index (Phi) is 7.51. The van der Waals surface area contributed by atoms with Crippen molar-refractivity contribution < 1.29 is 13.4 Å². The predicted molar refractivity (Wildman–Crippen MR) is 160 cm³/mol. The predicted octanol–water partition coefficient (Wildman–Crippen LogP) is 4.75. The summed E-state index contributed by atoms with van der Waals surface area (Å²) in [5, 5.41) is 17.6. The van der Waals surface area contributed by atoms with Crippen molar-refractivity contribution >= 4 is 21.3 Å². The van der Waals surface area contributed by atoms with Crippen LogP contribution in [0.2, 0.25) is 0 Å². The van der Waals surface area contributed by atoms with Gasteiger partial charge in [0.1, 0.15) is 5.54 Å². The Labute approximate surface area is 246 Å². The average Bonchev–Trinajstić information content (AvgIpc) is 3.71. The first-order valence-electron chi connectivity index (χ1n) is 14.7. The molecule has 6 rings (SSSR count). The van der Waals surface area contributed by atoms with E-state index < -0.39 is 21.1 Å². The number of halogens is 1. The summed E-state index contributed by atoms with van der Waals surface area (Å²) >= 11 is 0. The van der Waals surface area contributed by atoms with E-state index in [1.54, 1.807) is 24.0 Å². The number of hydrogen-bond donors (Lipinski definition) is 1. The summed E-state index contributed by atoms with van der Waals surface area (Å²) in [6.45, 7) is 3.27. The van der Waals surface area contributed by atoms with E-state index in [9.17, 15) is 18.7 Å². The Morgan fingerprint density at radius 2 is 1.88 bits per heavy atom. The molecular weight excluding hydrogens is 553 g/mol. The zero-order chi connectivity index (χ0) is 29.5. The Bertz CT molecular complexity index is 1650. The molecule has 0 bridgehead atoms. The highest BCUT2D eigenvalue weighted by Crippen LogP contribution is 2.44. The number of nitrogens with zero attached hydrogens (tertiary/aromatic N) is 6. The highest BCUT2D eigenvalue weighted by molar-refractivity contribution is 7.93. The third-order valence-corrected chi connectivity index (χ3v) is 11.4. The van der Waals surface area contributed by atoms with Crippen molar-refractivity contribution in [2.24, 2.45) is 10.3 Å². The molecular formula is C31H36FN7O2S.